The molecule has 2 fully saturated rings. The Kier molecular flexibility index (Phi) is 12.6. The molecule has 3 heterocycles. The van der Waals surface area contributed by atoms with Crippen molar-refractivity contribution in [3.05, 3.63) is 92.4 Å². The zero-order valence-corrected chi connectivity index (χ0v) is 36.7. The van der Waals surface area contributed by atoms with Crippen molar-refractivity contribution in [1.82, 2.24) is 29.2 Å². The molecular weight excluding hydrogens is 809 g/mol. The van der Waals surface area contributed by atoms with Crippen molar-refractivity contribution in [3.63, 3.8) is 0 Å². The van der Waals surface area contributed by atoms with Crippen LogP contribution in [0.25, 0.3) is 0 Å². The summed E-state index contributed by atoms with van der Waals surface area (Å²) in [6.45, 7) is 16.2. The highest BCUT2D eigenvalue weighted by molar-refractivity contribution is 7.89. The molecule has 0 saturated carbocycles. The van der Waals surface area contributed by atoms with Gasteiger partial charge in [-0.2, -0.15) is 0 Å². The van der Waals surface area contributed by atoms with E-state index in [1.165, 1.54) is 12.1 Å². The molecule has 2 saturated heterocycles. The predicted octanol–water partition coefficient (Wildman–Crippen LogP) is 6.53. The molecule has 3 aromatic carbocycles. The predicted molar refractivity (Wildman–Crippen MR) is 226 cm³/mol. The summed E-state index contributed by atoms with van der Waals surface area (Å²) in [5.41, 5.74) is -1.43. The summed E-state index contributed by atoms with van der Waals surface area (Å²) in [7, 11) is -2.11. The summed E-state index contributed by atoms with van der Waals surface area (Å²) in [6, 6.07) is 17.2. The number of benzene rings is 3. The van der Waals surface area contributed by atoms with Crippen molar-refractivity contribution in [2.75, 3.05) is 72.6 Å². The number of rotatable bonds is 9. The number of ether oxygens (including phenoxy) is 1. The second-order valence-corrected chi connectivity index (χ2v) is 19.2. The summed E-state index contributed by atoms with van der Waals surface area (Å²) < 4.78 is 36.7. The first-order valence-electron chi connectivity index (χ1n) is 19.2. The van der Waals surface area contributed by atoms with E-state index in [0.717, 1.165) is 24.2 Å². The van der Waals surface area contributed by atoms with E-state index in [-0.39, 0.29) is 52.2 Å². The zero-order chi connectivity index (χ0) is 41.5. The zero-order valence-electron chi connectivity index (χ0n) is 33.6. The number of amidine groups is 1. The Morgan fingerprint density at radius 2 is 1.37 bits per heavy atom. The second kappa shape index (κ2) is 16.7. The molecular formula is C41H52Cl3N7O5S. The number of urea groups is 1. The molecule has 1 N–H and O–H groups in total. The first kappa shape index (κ1) is 43.2. The third-order valence-electron chi connectivity index (χ3n) is 11.1. The fourth-order valence-electron chi connectivity index (χ4n) is 7.80. The number of sulfonamides is 1. The van der Waals surface area contributed by atoms with Crippen molar-refractivity contribution in [1.29, 1.82) is 0 Å². The van der Waals surface area contributed by atoms with Crippen LogP contribution >= 0.6 is 34.8 Å². The van der Waals surface area contributed by atoms with E-state index >= 15 is 4.79 Å². The van der Waals surface area contributed by atoms with E-state index in [4.69, 9.17) is 44.5 Å². The normalized spacial score (nSPS) is 22.5. The highest BCUT2D eigenvalue weighted by Gasteiger charge is 2.60. The molecule has 0 aromatic heterocycles. The molecule has 0 aliphatic carbocycles. The Bertz CT molecular complexity index is 2120. The van der Waals surface area contributed by atoms with Crippen LogP contribution in [-0.2, 0) is 25.9 Å². The summed E-state index contributed by atoms with van der Waals surface area (Å²) >= 11 is 19.6. The van der Waals surface area contributed by atoms with Gasteiger partial charge in [0.15, 0.2) is 0 Å². The third kappa shape index (κ3) is 8.80. The Morgan fingerprint density at radius 3 is 1.91 bits per heavy atom. The Hall–Kier alpha value is -3.43. The van der Waals surface area contributed by atoms with Crippen LogP contribution in [-0.4, -0.2) is 129 Å². The lowest BCUT2D eigenvalue weighted by molar-refractivity contribution is -0.134. The van der Waals surface area contributed by atoms with Crippen LogP contribution in [0.4, 0.5) is 4.79 Å². The Labute approximate surface area is 351 Å². The van der Waals surface area contributed by atoms with Gasteiger partial charge in [0.2, 0.25) is 15.9 Å². The first-order valence-corrected chi connectivity index (χ1v) is 21.8. The number of amides is 3. The lowest BCUT2D eigenvalue weighted by Crippen LogP contribution is -2.61. The number of halogens is 3. The topological polar surface area (TPSA) is 118 Å². The van der Waals surface area contributed by atoms with Gasteiger partial charge in [0.25, 0.3) is 0 Å². The van der Waals surface area contributed by atoms with Crippen molar-refractivity contribution in [2.24, 2.45) is 4.99 Å². The minimum absolute atomic E-state index is 0.0430. The minimum atomic E-state index is -4.16. The molecule has 57 heavy (non-hydrogen) atoms. The van der Waals surface area contributed by atoms with Gasteiger partial charge in [-0.1, -0.05) is 59.1 Å². The Morgan fingerprint density at radius 1 is 0.825 bits per heavy atom. The van der Waals surface area contributed by atoms with Crippen LogP contribution in [0.5, 0.6) is 5.75 Å². The minimum Gasteiger partial charge on any atom is -0.493 e. The molecule has 0 unspecified atom stereocenters. The molecule has 6 rings (SSSR count). The van der Waals surface area contributed by atoms with Crippen LogP contribution in [0.2, 0.25) is 15.1 Å². The lowest BCUT2D eigenvalue weighted by Gasteiger charge is -2.47. The number of piperazine rings is 2. The van der Waals surface area contributed by atoms with Gasteiger partial charge in [-0.15, -0.1) is 0 Å². The summed E-state index contributed by atoms with van der Waals surface area (Å²) in [6.07, 6.45) is 0. The summed E-state index contributed by atoms with van der Waals surface area (Å²) in [5, 5.41) is 1.01. The number of carbonyl (C=O) groups is 2. The molecule has 12 nitrogen and oxygen atoms in total. The van der Waals surface area contributed by atoms with E-state index in [0.29, 0.717) is 49.3 Å². The molecule has 0 bridgehead atoms. The highest BCUT2D eigenvalue weighted by atomic mass is 35.5. The average molecular weight is 861 g/mol. The van der Waals surface area contributed by atoms with Crippen LogP contribution in [0.1, 0.15) is 58.2 Å². The maximum absolute atomic E-state index is 15.5. The van der Waals surface area contributed by atoms with Gasteiger partial charge in [-0.05, 0) is 90.0 Å². The maximum Gasteiger partial charge on any atom is 0.326 e. The van der Waals surface area contributed by atoms with E-state index in [2.05, 4.69) is 21.6 Å². The SMILES string of the molecule is CCOc1cc(Cl)c(S(=O)(=O)NC(C)(C)C)cc1C1=N[C@@](C)(c2ccc(Cl)cc2)[C@@](C)(c2ccc(Cl)cc2)N1C(=O)N1CCN(CC(=O)N2CCN(C)CC2)CC1. The fourth-order valence-corrected chi connectivity index (χ4v) is 10.0. The van der Waals surface area contributed by atoms with Gasteiger partial charge in [0.05, 0.1) is 23.7 Å². The lowest BCUT2D eigenvalue weighted by atomic mass is 9.71. The number of nitrogens with zero attached hydrogens (tertiary/aromatic N) is 6. The monoisotopic (exact) mass is 859 g/mol. The maximum atomic E-state index is 15.5. The molecule has 0 radical (unpaired) electrons. The molecule has 3 aliphatic heterocycles. The molecule has 0 spiro atoms. The smallest absolute Gasteiger partial charge is 0.326 e. The first-order chi connectivity index (χ1) is 26.8. The van der Waals surface area contributed by atoms with Gasteiger partial charge >= 0.3 is 6.03 Å². The molecule has 3 aromatic rings. The van der Waals surface area contributed by atoms with Crippen molar-refractivity contribution in [2.45, 2.75) is 63.1 Å². The Balaban J connectivity index is 1.48. The fraction of sp³-hybridized carbons (Fsp3) is 0.488. The highest BCUT2D eigenvalue weighted by Crippen LogP contribution is 2.54. The van der Waals surface area contributed by atoms with Gasteiger partial charge < -0.3 is 19.4 Å². The molecule has 2 atom stereocenters. The standard InChI is InChI=1S/C41H52Cl3N7O5S/c1-8-56-34-26-33(44)35(57(54,55)46-39(2,3)4)25-32(34)37-45-40(5,28-9-13-30(42)14-10-28)41(6,29-11-15-31(43)16-12-29)51(37)38(53)50-23-19-48(20-24-50)27-36(52)49-21-17-47(7)18-22-49/h9-16,25-26,46H,8,17-24,27H2,1-7H3/t40-,41+/m0/s1. The average Bonchev–Trinajstić information content (AvgIpc) is 3.39. The van der Waals surface area contributed by atoms with Gasteiger partial charge in [-0.25, -0.2) is 17.9 Å². The molecule has 308 valence electrons. The van der Waals surface area contributed by atoms with E-state index < -0.39 is 26.6 Å². The van der Waals surface area contributed by atoms with Gasteiger partial charge in [-0.3, -0.25) is 19.6 Å². The number of hydrogen-bond acceptors (Lipinski definition) is 8. The molecule has 16 heteroatoms. The number of aliphatic imine (C=N–C) groups is 1. The number of likely N-dealkylation sites (N-methyl/N-ethyl adjacent to an activating group) is 1. The summed E-state index contributed by atoms with van der Waals surface area (Å²) in [5.74, 6) is 0.554. The van der Waals surface area contributed by atoms with Crippen LogP contribution in [0.3, 0.4) is 0 Å². The van der Waals surface area contributed by atoms with E-state index in [1.807, 2.05) is 49.9 Å². The molecule has 3 aliphatic rings. The van der Waals surface area contributed by atoms with Crippen LogP contribution in [0.15, 0.2) is 70.6 Å². The van der Waals surface area contributed by atoms with Crippen LogP contribution in [0, 0.1) is 0 Å². The van der Waals surface area contributed by atoms with Gasteiger partial charge in [0.1, 0.15) is 27.6 Å². The van der Waals surface area contributed by atoms with Crippen molar-refractivity contribution >= 4 is 62.6 Å². The van der Waals surface area contributed by atoms with E-state index in [9.17, 15) is 13.2 Å². The summed E-state index contributed by atoms with van der Waals surface area (Å²) in [4.78, 5) is 43.6. The number of carbonyl (C=O) groups excluding carboxylic acids is 2. The van der Waals surface area contributed by atoms with Gasteiger partial charge in [0, 0.05) is 74.0 Å². The van der Waals surface area contributed by atoms with Crippen molar-refractivity contribution in [3.8, 4) is 5.75 Å². The van der Waals surface area contributed by atoms with Crippen molar-refractivity contribution < 1.29 is 22.7 Å². The third-order valence-corrected chi connectivity index (χ3v) is 13.8. The van der Waals surface area contributed by atoms with Crippen LogP contribution < -0.4 is 9.46 Å². The number of nitrogens with one attached hydrogen (secondary N) is 1. The quantitative estimate of drug-likeness (QED) is 0.260. The number of hydrogen-bond donors (Lipinski definition) is 1. The molecule has 3 amide bonds. The second-order valence-electron chi connectivity index (χ2n) is 16.2. The van der Waals surface area contributed by atoms with E-state index in [1.54, 1.807) is 54.8 Å². The largest absolute Gasteiger partial charge is 0.493 e.